The smallest absolute Gasteiger partial charge is 0.261 e. The SMILES string of the molecule is CC(C)(C)[Si](OCCN1C(=O)c2ccccc2C1(O)c1ccccc1)(c1ccccc1)c1ccccc1. The van der Waals surface area contributed by atoms with Gasteiger partial charge in [0, 0.05) is 23.2 Å². The van der Waals surface area contributed by atoms with Crippen LogP contribution in [0.1, 0.15) is 42.3 Å². The van der Waals surface area contributed by atoms with Gasteiger partial charge >= 0.3 is 0 Å². The molecule has 0 spiro atoms. The van der Waals surface area contributed by atoms with E-state index in [-0.39, 0.29) is 17.5 Å². The molecule has 4 aromatic carbocycles. The van der Waals surface area contributed by atoms with Crippen LogP contribution < -0.4 is 10.4 Å². The maximum Gasteiger partial charge on any atom is 0.261 e. The van der Waals surface area contributed by atoms with Crippen LogP contribution in [0.3, 0.4) is 0 Å². The maximum absolute atomic E-state index is 13.6. The molecule has 37 heavy (non-hydrogen) atoms. The van der Waals surface area contributed by atoms with Crippen LogP contribution in [0.25, 0.3) is 0 Å². The van der Waals surface area contributed by atoms with Gasteiger partial charge in [0.2, 0.25) is 0 Å². The highest BCUT2D eigenvalue weighted by atomic mass is 28.4. The van der Waals surface area contributed by atoms with Crippen LogP contribution >= 0.6 is 0 Å². The van der Waals surface area contributed by atoms with E-state index in [0.29, 0.717) is 23.3 Å². The number of carbonyl (C=O) groups excluding carboxylic acids is 1. The van der Waals surface area contributed by atoms with Crippen molar-refractivity contribution in [3.05, 3.63) is 132 Å². The van der Waals surface area contributed by atoms with E-state index in [4.69, 9.17) is 4.43 Å². The average Bonchev–Trinajstić information content (AvgIpc) is 3.14. The molecule has 0 fully saturated rings. The fourth-order valence-corrected chi connectivity index (χ4v) is 10.3. The zero-order valence-corrected chi connectivity index (χ0v) is 22.6. The molecular formula is C32H33NO3Si. The molecule has 1 amide bonds. The number of aliphatic hydroxyl groups is 1. The predicted molar refractivity (Wildman–Crippen MR) is 150 cm³/mol. The Hall–Kier alpha value is -3.51. The molecule has 1 heterocycles. The van der Waals surface area contributed by atoms with E-state index in [0.717, 1.165) is 0 Å². The van der Waals surface area contributed by atoms with Gasteiger partial charge in [0.25, 0.3) is 14.2 Å². The summed E-state index contributed by atoms with van der Waals surface area (Å²) in [7, 11) is -2.77. The molecule has 1 atom stereocenters. The van der Waals surface area contributed by atoms with Crippen molar-refractivity contribution in [1.82, 2.24) is 4.90 Å². The number of hydrogen-bond acceptors (Lipinski definition) is 3. The molecule has 5 heteroatoms. The summed E-state index contributed by atoms with van der Waals surface area (Å²) in [5.74, 6) is -0.187. The molecule has 0 saturated heterocycles. The topological polar surface area (TPSA) is 49.8 Å². The van der Waals surface area contributed by atoms with E-state index in [1.54, 1.807) is 11.0 Å². The highest BCUT2D eigenvalue weighted by Gasteiger charge is 2.52. The lowest BCUT2D eigenvalue weighted by atomic mass is 9.94. The molecule has 1 N–H and O–H groups in total. The van der Waals surface area contributed by atoms with Gasteiger partial charge in [-0.05, 0) is 21.5 Å². The predicted octanol–water partition coefficient (Wildman–Crippen LogP) is 4.91. The zero-order chi connectivity index (χ0) is 26.1. The Bertz CT molecular complexity index is 1330. The molecule has 0 bridgehead atoms. The van der Waals surface area contributed by atoms with Crippen molar-refractivity contribution in [2.45, 2.75) is 31.5 Å². The number of fused-ring (bicyclic) bond motifs is 1. The summed E-state index contributed by atoms with van der Waals surface area (Å²) in [5, 5.41) is 14.3. The standard InChI is InChI=1S/C32H33NO3Si/c1-31(2,3)37(26-17-9-5-10-18-26,27-19-11-6-12-20-27)36-24-23-33-30(34)28-21-13-14-22-29(28)32(33,35)25-15-7-4-8-16-25/h4-22,35H,23-24H2,1-3H3. The molecule has 1 aliphatic rings. The van der Waals surface area contributed by atoms with Crippen molar-refractivity contribution < 1.29 is 14.3 Å². The van der Waals surface area contributed by atoms with Crippen LogP contribution in [-0.4, -0.2) is 37.4 Å². The second-order valence-electron chi connectivity index (χ2n) is 10.6. The van der Waals surface area contributed by atoms with Crippen LogP contribution in [0.5, 0.6) is 0 Å². The first kappa shape index (κ1) is 25.1. The average molecular weight is 508 g/mol. The van der Waals surface area contributed by atoms with E-state index in [1.807, 2.05) is 60.7 Å². The Kier molecular flexibility index (Phi) is 6.62. The summed E-state index contributed by atoms with van der Waals surface area (Å²) >= 11 is 0. The van der Waals surface area contributed by atoms with E-state index < -0.39 is 14.0 Å². The van der Waals surface area contributed by atoms with Crippen LogP contribution in [-0.2, 0) is 10.2 Å². The van der Waals surface area contributed by atoms with Crippen LogP contribution in [0.15, 0.2) is 115 Å². The van der Waals surface area contributed by atoms with E-state index >= 15 is 0 Å². The fraction of sp³-hybridized carbons (Fsp3) is 0.219. The van der Waals surface area contributed by atoms with Gasteiger partial charge < -0.3 is 14.4 Å². The zero-order valence-electron chi connectivity index (χ0n) is 21.6. The molecule has 1 aliphatic heterocycles. The summed E-state index contributed by atoms with van der Waals surface area (Å²) in [4.78, 5) is 15.2. The van der Waals surface area contributed by atoms with E-state index in [2.05, 4.69) is 69.3 Å². The summed E-state index contributed by atoms with van der Waals surface area (Å²) in [6, 6.07) is 37.6. The Morgan fingerprint density at radius 2 is 1.24 bits per heavy atom. The molecule has 0 aliphatic carbocycles. The third-order valence-corrected chi connectivity index (χ3v) is 12.4. The lowest BCUT2D eigenvalue weighted by Crippen LogP contribution is -2.67. The molecule has 188 valence electrons. The number of benzene rings is 4. The molecule has 4 aromatic rings. The monoisotopic (exact) mass is 507 g/mol. The van der Waals surface area contributed by atoms with E-state index in [1.165, 1.54) is 10.4 Å². The largest absolute Gasteiger partial charge is 0.406 e. The van der Waals surface area contributed by atoms with Crippen molar-refractivity contribution in [1.29, 1.82) is 0 Å². The minimum atomic E-state index is -2.77. The highest BCUT2D eigenvalue weighted by Crippen LogP contribution is 2.42. The van der Waals surface area contributed by atoms with Gasteiger partial charge in [-0.2, -0.15) is 0 Å². The second-order valence-corrected chi connectivity index (χ2v) is 14.9. The third kappa shape index (κ3) is 4.13. The van der Waals surface area contributed by atoms with Crippen molar-refractivity contribution in [3.63, 3.8) is 0 Å². The van der Waals surface area contributed by atoms with Crippen molar-refractivity contribution >= 4 is 24.6 Å². The maximum atomic E-state index is 13.6. The molecular weight excluding hydrogens is 474 g/mol. The first-order valence-electron chi connectivity index (χ1n) is 12.7. The summed E-state index contributed by atoms with van der Waals surface area (Å²) in [6.07, 6.45) is 0. The number of amides is 1. The molecule has 4 nitrogen and oxygen atoms in total. The lowest BCUT2D eigenvalue weighted by molar-refractivity contribution is -0.0541. The van der Waals surface area contributed by atoms with Gasteiger partial charge in [0.05, 0.1) is 6.61 Å². The molecule has 0 aromatic heterocycles. The minimum Gasteiger partial charge on any atom is -0.406 e. The summed E-state index contributed by atoms with van der Waals surface area (Å²) in [6.45, 7) is 7.24. The highest BCUT2D eigenvalue weighted by molar-refractivity contribution is 6.99. The number of carbonyl (C=O) groups is 1. The van der Waals surface area contributed by atoms with E-state index in [9.17, 15) is 9.90 Å². The van der Waals surface area contributed by atoms with Gasteiger partial charge in [0.15, 0.2) is 5.72 Å². The Balaban J connectivity index is 1.53. The lowest BCUT2D eigenvalue weighted by Gasteiger charge is -2.44. The quantitative estimate of drug-likeness (QED) is 0.362. The first-order chi connectivity index (χ1) is 17.8. The molecule has 0 saturated carbocycles. The van der Waals surface area contributed by atoms with Gasteiger partial charge in [-0.1, -0.05) is 130 Å². The van der Waals surface area contributed by atoms with Crippen molar-refractivity contribution in [3.8, 4) is 0 Å². The Morgan fingerprint density at radius 1 is 0.757 bits per heavy atom. The van der Waals surface area contributed by atoms with Gasteiger partial charge in [-0.25, -0.2) is 0 Å². The number of rotatable bonds is 7. The minimum absolute atomic E-state index is 0.177. The summed E-state index contributed by atoms with van der Waals surface area (Å²) in [5.41, 5.74) is 0.249. The van der Waals surface area contributed by atoms with Crippen LogP contribution in [0.4, 0.5) is 0 Å². The van der Waals surface area contributed by atoms with Gasteiger partial charge in [-0.15, -0.1) is 0 Å². The Labute approximate surface area is 220 Å². The van der Waals surface area contributed by atoms with Gasteiger partial charge in [0.1, 0.15) is 0 Å². The Morgan fingerprint density at radius 3 is 1.78 bits per heavy atom. The third-order valence-electron chi connectivity index (χ3n) is 7.40. The number of nitrogens with zero attached hydrogens (tertiary/aromatic N) is 1. The summed E-state index contributed by atoms with van der Waals surface area (Å²) < 4.78 is 7.04. The normalized spacial score (nSPS) is 17.6. The van der Waals surface area contributed by atoms with Crippen LogP contribution in [0.2, 0.25) is 5.04 Å². The second kappa shape index (κ2) is 9.75. The first-order valence-corrected chi connectivity index (χ1v) is 14.7. The van der Waals surface area contributed by atoms with Crippen molar-refractivity contribution in [2.24, 2.45) is 0 Å². The number of hydrogen-bond donors (Lipinski definition) is 1. The molecule has 1 unspecified atom stereocenters. The van der Waals surface area contributed by atoms with Crippen LogP contribution in [0, 0.1) is 0 Å². The fourth-order valence-electron chi connectivity index (χ4n) is 5.71. The van der Waals surface area contributed by atoms with Crippen molar-refractivity contribution in [2.75, 3.05) is 13.2 Å². The van der Waals surface area contributed by atoms with Gasteiger partial charge in [-0.3, -0.25) is 4.79 Å². The molecule has 0 radical (unpaired) electrons. The molecule has 5 rings (SSSR count).